The molecule has 0 aliphatic carbocycles. The van der Waals surface area contributed by atoms with Gasteiger partial charge in [-0.1, -0.05) is 24.3 Å². The summed E-state index contributed by atoms with van der Waals surface area (Å²) in [5.41, 5.74) is 1.07. The van der Waals surface area contributed by atoms with Gasteiger partial charge in [-0.25, -0.2) is 8.42 Å². The van der Waals surface area contributed by atoms with E-state index in [2.05, 4.69) is 15.9 Å². The van der Waals surface area contributed by atoms with Gasteiger partial charge < -0.3 is 9.64 Å². The lowest BCUT2D eigenvalue weighted by molar-refractivity contribution is -0.135. The minimum Gasteiger partial charge on any atom is -0.496 e. The summed E-state index contributed by atoms with van der Waals surface area (Å²) in [6, 6.07) is 14.6. The molecule has 2 fully saturated rings. The molecule has 0 spiro atoms. The van der Waals surface area contributed by atoms with Crippen LogP contribution >= 0.6 is 15.9 Å². The number of nitrogens with zero attached hydrogens (tertiary/aromatic N) is 1. The van der Waals surface area contributed by atoms with Crippen molar-refractivity contribution in [2.24, 2.45) is 0 Å². The number of fused-ring (bicyclic) bond motifs is 2. The summed E-state index contributed by atoms with van der Waals surface area (Å²) in [5.74, 6) is 0.898. The van der Waals surface area contributed by atoms with Crippen LogP contribution in [0.3, 0.4) is 0 Å². The molecule has 2 heterocycles. The zero-order valence-electron chi connectivity index (χ0n) is 17.0. The van der Waals surface area contributed by atoms with Crippen LogP contribution in [0.1, 0.15) is 37.7 Å². The summed E-state index contributed by atoms with van der Waals surface area (Å²) in [6.45, 7) is 0. The summed E-state index contributed by atoms with van der Waals surface area (Å²) in [4.78, 5) is 15.4. The lowest BCUT2D eigenvalue weighted by atomic mass is 10.0. The van der Waals surface area contributed by atoms with Crippen molar-refractivity contribution in [1.82, 2.24) is 4.90 Å². The van der Waals surface area contributed by atoms with Crippen LogP contribution in [0.5, 0.6) is 5.75 Å². The van der Waals surface area contributed by atoms with Gasteiger partial charge in [-0.3, -0.25) is 4.79 Å². The van der Waals surface area contributed by atoms with E-state index in [0.717, 1.165) is 28.6 Å². The number of piperidine rings is 1. The molecule has 0 saturated carbocycles. The molecule has 30 heavy (non-hydrogen) atoms. The molecule has 2 saturated heterocycles. The van der Waals surface area contributed by atoms with Crippen LogP contribution in [0.25, 0.3) is 0 Å². The number of ether oxygens (including phenoxy) is 1. The van der Waals surface area contributed by atoms with Gasteiger partial charge in [-0.15, -0.1) is 0 Å². The minimum atomic E-state index is -3.36. The van der Waals surface area contributed by atoms with E-state index >= 15 is 0 Å². The molecule has 2 aromatic carbocycles. The molecule has 1 amide bonds. The van der Waals surface area contributed by atoms with E-state index in [1.54, 1.807) is 31.4 Å². The number of halogens is 1. The lowest BCUT2D eigenvalue weighted by Crippen LogP contribution is -2.49. The quantitative estimate of drug-likeness (QED) is 0.600. The highest BCUT2D eigenvalue weighted by Gasteiger charge is 2.46. The van der Waals surface area contributed by atoms with E-state index in [1.165, 1.54) is 0 Å². The SMILES string of the molecule is COc1ccc(CCC(=O)N2C3CCC2CC(S(=O)(=O)c2ccccc2)C3)cc1Br. The molecule has 0 aromatic heterocycles. The van der Waals surface area contributed by atoms with Gasteiger partial charge in [0.1, 0.15) is 5.75 Å². The third-order valence-corrected chi connectivity index (χ3v) is 9.14. The number of aryl methyl sites for hydroxylation is 1. The number of hydrogen-bond acceptors (Lipinski definition) is 4. The van der Waals surface area contributed by atoms with E-state index < -0.39 is 15.1 Å². The second-order valence-corrected chi connectivity index (χ2v) is 11.2. The first-order chi connectivity index (χ1) is 14.4. The van der Waals surface area contributed by atoms with Crippen LogP contribution in [-0.4, -0.2) is 43.7 Å². The fourth-order valence-corrected chi connectivity index (χ4v) is 7.30. The van der Waals surface area contributed by atoms with Gasteiger partial charge in [0.2, 0.25) is 5.91 Å². The fourth-order valence-electron chi connectivity index (χ4n) is 4.84. The predicted octanol–water partition coefficient (Wildman–Crippen LogP) is 4.39. The van der Waals surface area contributed by atoms with Crippen molar-refractivity contribution in [1.29, 1.82) is 0 Å². The first-order valence-electron chi connectivity index (χ1n) is 10.3. The third kappa shape index (κ3) is 4.14. The molecule has 2 aliphatic heterocycles. The van der Waals surface area contributed by atoms with Gasteiger partial charge in [0.05, 0.1) is 21.7 Å². The van der Waals surface area contributed by atoms with E-state index in [-0.39, 0.29) is 18.0 Å². The number of carbonyl (C=O) groups is 1. The second kappa shape index (κ2) is 8.71. The van der Waals surface area contributed by atoms with Crippen molar-refractivity contribution in [3.8, 4) is 5.75 Å². The molecule has 5 nitrogen and oxygen atoms in total. The Hall–Kier alpha value is -1.86. The van der Waals surface area contributed by atoms with Crippen molar-refractivity contribution in [2.75, 3.05) is 7.11 Å². The summed E-state index contributed by atoms with van der Waals surface area (Å²) < 4.78 is 32.3. The summed E-state index contributed by atoms with van der Waals surface area (Å²) >= 11 is 3.49. The Morgan fingerprint density at radius 3 is 2.37 bits per heavy atom. The Bertz CT molecular complexity index is 1010. The molecule has 2 unspecified atom stereocenters. The molecule has 2 aromatic rings. The van der Waals surface area contributed by atoms with Crippen LogP contribution in [0.4, 0.5) is 0 Å². The standard InChI is InChI=1S/C23H26BrNO4S/c1-29-22-11-7-16(13-21(22)24)8-12-23(26)25-17-9-10-18(25)15-20(14-17)30(27,28)19-5-3-2-4-6-19/h2-7,11,13,17-18,20H,8-10,12,14-15H2,1H3. The normalized spacial score (nSPS) is 23.4. The zero-order chi connectivity index (χ0) is 21.3. The minimum absolute atomic E-state index is 0.0299. The van der Waals surface area contributed by atoms with E-state index in [1.807, 2.05) is 29.2 Å². The van der Waals surface area contributed by atoms with Gasteiger partial charge in [-0.2, -0.15) is 0 Å². The number of carbonyl (C=O) groups excluding carboxylic acids is 1. The molecule has 0 N–H and O–H groups in total. The van der Waals surface area contributed by atoms with Crippen molar-refractivity contribution >= 4 is 31.7 Å². The monoisotopic (exact) mass is 491 g/mol. The van der Waals surface area contributed by atoms with Gasteiger partial charge in [-0.05, 0) is 77.9 Å². The maximum Gasteiger partial charge on any atom is 0.223 e. The van der Waals surface area contributed by atoms with Crippen LogP contribution in [0, 0.1) is 0 Å². The molecular formula is C23H26BrNO4S. The predicted molar refractivity (Wildman–Crippen MR) is 119 cm³/mol. The van der Waals surface area contributed by atoms with Gasteiger partial charge in [0.25, 0.3) is 0 Å². The molecule has 0 radical (unpaired) electrons. The van der Waals surface area contributed by atoms with Crippen molar-refractivity contribution in [3.63, 3.8) is 0 Å². The number of benzene rings is 2. The van der Waals surface area contributed by atoms with Gasteiger partial charge in [0, 0.05) is 18.5 Å². The van der Waals surface area contributed by atoms with Crippen LogP contribution < -0.4 is 4.74 Å². The molecular weight excluding hydrogens is 466 g/mol. The number of sulfone groups is 1. The number of methoxy groups -OCH3 is 1. The molecule has 160 valence electrons. The Labute approximate surface area is 186 Å². The fraction of sp³-hybridized carbons (Fsp3) is 0.435. The van der Waals surface area contributed by atoms with E-state index in [9.17, 15) is 13.2 Å². The van der Waals surface area contributed by atoms with Crippen LogP contribution in [0.15, 0.2) is 57.9 Å². The Morgan fingerprint density at radius 1 is 1.10 bits per heavy atom. The highest BCUT2D eigenvalue weighted by atomic mass is 79.9. The number of amides is 1. The third-order valence-electron chi connectivity index (χ3n) is 6.33. The van der Waals surface area contributed by atoms with E-state index in [4.69, 9.17) is 4.74 Å². The lowest BCUT2D eigenvalue weighted by Gasteiger charge is -2.38. The first kappa shape index (κ1) is 21.4. The largest absolute Gasteiger partial charge is 0.496 e. The maximum absolute atomic E-state index is 13.1. The average Bonchev–Trinajstić information content (AvgIpc) is 3.01. The average molecular weight is 492 g/mol. The van der Waals surface area contributed by atoms with Crippen LogP contribution in [-0.2, 0) is 21.1 Å². The van der Waals surface area contributed by atoms with Crippen molar-refractivity contribution in [2.45, 2.75) is 60.8 Å². The maximum atomic E-state index is 13.1. The van der Waals surface area contributed by atoms with Gasteiger partial charge >= 0.3 is 0 Å². The smallest absolute Gasteiger partial charge is 0.223 e. The summed E-state index contributed by atoms with van der Waals surface area (Å²) in [7, 11) is -1.73. The topological polar surface area (TPSA) is 63.7 Å². The molecule has 2 atom stereocenters. The number of hydrogen-bond donors (Lipinski definition) is 0. The molecule has 2 aliphatic rings. The molecule has 2 bridgehead atoms. The highest BCUT2D eigenvalue weighted by Crippen LogP contribution is 2.40. The number of rotatable bonds is 6. The van der Waals surface area contributed by atoms with E-state index in [0.29, 0.717) is 30.6 Å². The van der Waals surface area contributed by atoms with Gasteiger partial charge in [0.15, 0.2) is 9.84 Å². The summed E-state index contributed by atoms with van der Waals surface area (Å²) in [5, 5.41) is -0.404. The van der Waals surface area contributed by atoms with Crippen LogP contribution in [0.2, 0.25) is 0 Å². The summed E-state index contributed by atoms with van der Waals surface area (Å²) in [6.07, 6.45) is 3.95. The zero-order valence-corrected chi connectivity index (χ0v) is 19.4. The molecule has 7 heteroatoms. The highest BCUT2D eigenvalue weighted by molar-refractivity contribution is 9.10. The van der Waals surface area contributed by atoms with Crippen molar-refractivity contribution in [3.05, 3.63) is 58.6 Å². The Morgan fingerprint density at radius 2 is 1.77 bits per heavy atom. The second-order valence-electron chi connectivity index (χ2n) is 8.11. The Balaban J connectivity index is 1.41. The Kier molecular flexibility index (Phi) is 6.21. The first-order valence-corrected chi connectivity index (χ1v) is 12.7. The molecule has 4 rings (SSSR count). The van der Waals surface area contributed by atoms with Crippen molar-refractivity contribution < 1.29 is 17.9 Å².